The molecule has 0 radical (unpaired) electrons. The van der Waals surface area contributed by atoms with Crippen molar-refractivity contribution in [2.75, 3.05) is 11.6 Å². The van der Waals surface area contributed by atoms with Crippen LogP contribution in [-0.4, -0.2) is 18.0 Å². The molecule has 6 nitrogen and oxygen atoms in total. The molecule has 0 N–H and O–H groups in total. The highest BCUT2D eigenvalue weighted by Crippen LogP contribution is 2.35. The number of ether oxygens (including phenoxy) is 1. The largest absolute Gasteiger partial charge is 0.573 e. The van der Waals surface area contributed by atoms with Crippen LogP contribution < -0.4 is 20.2 Å². The van der Waals surface area contributed by atoms with Gasteiger partial charge in [-0.15, -0.1) is 13.2 Å². The number of hydrogen-bond donors (Lipinski definition) is 0. The summed E-state index contributed by atoms with van der Waals surface area (Å²) >= 11 is 3.34. The third-order valence-electron chi connectivity index (χ3n) is 3.38. The molecule has 0 aliphatic carbocycles. The van der Waals surface area contributed by atoms with E-state index in [1.54, 1.807) is 11.1 Å². The molecule has 0 amide bonds. The molecule has 0 unspecified atom stereocenters. The normalized spacial score (nSPS) is 13.5. The van der Waals surface area contributed by atoms with E-state index < -0.39 is 22.7 Å². The Hall–Kier alpha value is -2.62. The predicted molar refractivity (Wildman–Crippen MR) is 86.5 cm³/mol. The van der Waals surface area contributed by atoms with Crippen LogP contribution >= 0.6 is 15.9 Å². The van der Waals surface area contributed by atoms with Gasteiger partial charge in [-0.3, -0.25) is 15.1 Å². The summed E-state index contributed by atoms with van der Waals surface area (Å²) in [7, 11) is 0. The monoisotopic (exact) mass is 415 g/mol. The summed E-state index contributed by atoms with van der Waals surface area (Å²) in [5.74, 6) is -0.862. The van der Waals surface area contributed by atoms with E-state index in [1.165, 1.54) is 6.07 Å². The number of hydrogen-bond acceptors (Lipinski definition) is 5. The first-order valence-electron chi connectivity index (χ1n) is 6.86. The van der Waals surface area contributed by atoms with Crippen molar-refractivity contribution in [2.45, 2.75) is 6.36 Å². The Morgan fingerprint density at radius 1 is 1.24 bits per heavy atom. The van der Waals surface area contributed by atoms with E-state index >= 15 is 0 Å². The Bertz CT molecular complexity index is 963. The molecule has 0 fully saturated rings. The van der Waals surface area contributed by atoms with Gasteiger partial charge in [0.2, 0.25) is 5.75 Å². The van der Waals surface area contributed by atoms with Crippen LogP contribution in [0.3, 0.4) is 0 Å². The topological polar surface area (TPSA) is 68.0 Å². The summed E-state index contributed by atoms with van der Waals surface area (Å²) < 4.78 is 41.6. The van der Waals surface area contributed by atoms with E-state index in [1.807, 2.05) is 18.2 Å². The number of alkyl halides is 3. The Morgan fingerprint density at radius 2 is 2.00 bits per heavy atom. The predicted octanol–water partition coefficient (Wildman–Crippen LogP) is 3.09. The highest BCUT2D eigenvalue weighted by molar-refractivity contribution is 9.10. The van der Waals surface area contributed by atoms with Crippen molar-refractivity contribution in [1.82, 2.24) is 0 Å². The van der Waals surface area contributed by atoms with E-state index in [2.05, 4.69) is 25.7 Å². The lowest BCUT2D eigenvalue weighted by Gasteiger charge is -2.21. The minimum Gasteiger partial charge on any atom is -0.398 e. The van der Waals surface area contributed by atoms with Gasteiger partial charge in [-0.05, 0) is 24.3 Å². The number of nitro benzene ring substituents is 1. The van der Waals surface area contributed by atoms with Gasteiger partial charge in [0, 0.05) is 27.6 Å². The highest BCUT2D eigenvalue weighted by Gasteiger charge is 2.34. The summed E-state index contributed by atoms with van der Waals surface area (Å²) in [4.78, 5) is 16.1. The van der Waals surface area contributed by atoms with Crippen molar-refractivity contribution in [1.29, 1.82) is 0 Å². The molecule has 130 valence electrons. The third kappa shape index (κ3) is 3.90. The van der Waals surface area contributed by atoms with E-state index in [0.717, 1.165) is 27.2 Å². The molecule has 10 heteroatoms. The van der Waals surface area contributed by atoms with Gasteiger partial charge < -0.3 is 9.64 Å². The standard InChI is InChI=1S/C15H9BrF3N3O3/c16-10-2-1-9-7-21(8-20-12(9)5-10)11-3-4-14(25-15(17,18)19)13(6-11)22(23)24/h1-7H,8H2. The summed E-state index contributed by atoms with van der Waals surface area (Å²) in [6, 6.07) is 8.71. The molecule has 0 spiro atoms. The smallest absolute Gasteiger partial charge is 0.398 e. The molecular formula is C15H9BrF3N3O3. The SMILES string of the molecule is O=[N+]([O-])c1cc(N2C=c3ccc(Br)cc3=NC2)ccc1OC(F)(F)F. The second-order valence-electron chi connectivity index (χ2n) is 5.06. The number of nitro groups is 1. The van der Waals surface area contributed by atoms with Crippen LogP contribution in [-0.2, 0) is 0 Å². The fourth-order valence-corrected chi connectivity index (χ4v) is 2.67. The zero-order valence-electron chi connectivity index (χ0n) is 12.3. The summed E-state index contributed by atoms with van der Waals surface area (Å²) in [6.07, 6.45) is -3.29. The average molecular weight is 416 g/mol. The quantitative estimate of drug-likeness (QED) is 0.570. The number of anilines is 1. The molecule has 3 rings (SSSR count). The Labute approximate surface area is 147 Å². The highest BCUT2D eigenvalue weighted by atomic mass is 79.9. The fourth-order valence-electron chi connectivity index (χ4n) is 2.32. The zero-order valence-corrected chi connectivity index (χ0v) is 13.9. The Balaban J connectivity index is 2.00. The molecule has 1 aliphatic rings. The van der Waals surface area contributed by atoms with Crippen molar-refractivity contribution in [3.63, 3.8) is 0 Å². The molecular weight excluding hydrogens is 407 g/mol. The minimum atomic E-state index is -5.01. The molecule has 0 saturated carbocycles. The molecule has 2 aromatic carbocycles. The number of nitrogens with zero attached hydrogens (tertiary/aromatic N) is 3. The van der Waals surface area contributed by atoms with Crippen LogP contribution in [0.1, 0.15) is 0 Å². The number of rotatable bonds is 3. The molecule has 25 heavy (non-hydrogen) atoms. The summed E-state index contributed by atoms with van der Waals surface area (Å²) in [6.45, 7) is 0.181. The van der Waals surface area contributed by atoms with Crippen LogP contribution in [0, 0.1) is 10.1 Å². The maximum absolute atomic E-state index is 12.4. The van der Waals surface area contributed by atoms with Crippen molar-refractivity contribution >= 4 is 33.5 Å². The summed E-state index contributed by atoms with van der Waals surface area (Å²) in [5.41, 5.74) is -0.441. The molecule has 1 heterocycles. The van der Waals surface area contributed by atoms with Crippen LogP contribution in [0.2, 0.25) is 0 Å². The maximum Gasteiger partial charge on any atom is 0.573 e. The van der Waals surface area contributed by atoms with Crippen LogP contribution in [0.5, 0.6) is 5.75 Å². The maximum atomic E-state index is 12.4. The van der Waals surface area contributed by atoms with Gasteiger partial charge in [0.25, 0.3) is 0 Å². The van der Waals surface area contributed by atoms with E-state index in [0.29, 0.717) is 5.69 Å². The first-order chi connectivity index (χ1) is 11.7. The molecule has 0 atom stereocenters. The first-order valence-corrected chi connectivity index (χ1v) is 7.65. The van der Waals surface area contributed by atoms with E-state index in [-0.39, 0.29) is 6.67 Å². The number of halogens is 4. The summed E-state index contributed by atoms with van der Waals surface area (Å²) in [5, 5.41) is 12.6. The minimum absolute atomic E-state index is 0.181. The number of fused-ring (bicyclic) bond motifs is 1. The molecule has 0 saturated heterocycles. The molecule has 2 aromatic rings. The Kier molecular flexibility index (Phi) is 4.38. The van der Waals surface area contributed by atoms with E-state index in [4.69, 9.17) is 0 Å². The fraction of sp³-hybridized carbons (Fsp3) is 0.133. The molecule has 1 aliphatic heterocycles. The Morgan fingerprint density at radius 3 is 2.68 bits per heavy atom. The van der Waals surface area contributed by atoms with Crippen molar-refractivity contribution in [3.05, 3.63) is 61.6 Å². The van der Waals surface area contributed by atoms with Gasteiger partial charge in [-0.1, -0.05) is 22.0 Å². The zero-order chi connectivity index (χ0) is 18.2. The van der Waals surface area contributed by atoms with Crippen LogP contribution in [0.15, 0.2) is 45.9 Å². The van der Waals surface area contributed by atoms with Crippen molar-refractivity contribution in [3.8, 4) is 5.75 Å². The van der Waals surface area contributed by atoms with E-state index in [9.17, 15) is 23.3 Å². The second kappa shape index (κ2) is 6.36. The molecule has 0 aromatic heterocycles. The number of benzene rings is 2. The second-order valence-corrected chi connectivity index (χ2v) is 5.97. The van der Waals surface area contributed by atoms with Crippen molar-refractivity contribution < 1.29 is 22.8 Å². The molecule has 0 bridgehead atoms. The third-order valence-corrected chi connectivity index (χ3v) is 3.87. The van der Waals surface area contributed by atoms with Gasteiger partial charge in [-0.25, -0.2) is 0 Å². The van der Waals surface area contributed by atoms with Crippen molar-refractivity contribution in [2.24, 2.45) is 4.99 Å². The van der Waals surface area contributed by atoms with Gasteiger partial charge in [0.15, 0.2) is 0 Å². The lowest BCUT2D eigenvalue weighted by atomic mass is 10.2. The lowest BCUT2D eigenvalue weighted by molar-refractivity contribution is -0.388. The van der Waals surface area contributed by atoms with Crippen LogP contribution in [0.25, 0.3) is 6.20 Å². The van der Waals surface area contributed by atoms with Gasteiger partial charge in [0.05, 0.1) is 10.3 Å². The van der Waals surface area contributed by atoms with Gasteiger partial charge >= 0.3 is 12.0 Å². The van der Waals surface area contributed by atoms with Crippen LogP contribution in [0.4, 0.5) is 24.5 Å². The average Bonchev–Trinajstić information content (AvgIpc) is 2.53. The van der Waals surface area contributed by atoms with Gasteiger partial charge in [-0.2, -0.15) is 0 Å². The first kappa shape index (κ1) is 17.2. The van der Waals surface area contributed by atoms with Gasteiger partial charge in [0.1, 0.15) is 6.67 Å². The lowest BCUT2D eigenvalue weighted by Crippen LogP contribution is -2.35.